The second-order valence-electron chi connectivity index (χ2n) is 5.86. The fourth-order valence-corrected chi connectivity index (χ4v) is 2.57. The van der Waals surface area contributed by atoms with E-state index in [9.17, 15) is 13.0 Å². The fraction of sp³-hybridized carbons (Fsp3) is 0.400. The molecule has 1 aromatic carbocycles. The third-order valence-electron chi connectivity index (χ3n) is 3.79. The van der Waals surface area contributed by atoms with Gasteiger partial charge in [0, 0.05) is 23.6 Å². The molecule has 2 aromatic rings. The van der Waals surface area contributed by atoms with Crippen LogP contribution in [0.25, 0.3) is 10.9 Å². The summed E-state index contributed by atoms with van der Waals surface area (Å²) in [6.45, 7) is 5.61. The molecule has 1 aromatic heterocycles. The van der Waals surface area contributed by atoms with E-state index in [-0.39, 0.29) is 5.41 Å². The van der Waals surface area contributed by atoms with Gasteiger partial charge < -0.3 is 9.87 Å². The molecule has 0 unspecified atom stereocenters. The molecule has 0 aliphatic carbocycles. The minimum Gasteiger partial charge on any atom is -0.726 e. The van der Waals surface area contributed by atoms with E-state index in [0.29, 0.717) is 0 Å². The van der Waals surface area contributed by atoms with Gasteiger partial charge in [0.05, 0.1) is 18.2 Å². The highest BCUT2D eigenvalue weighted by Crippen LogP contribution is 2.38. The van der Waals surface area contributed by atoms with Crippen molar-refractivity contribution < 1.29 is 21.7 Å². The molecule has 0 saturated heterocycles. The lowest BCUT2D eigenvalue weighted by atomic mass is 9.87. The van der Waals surface area contributed by atoms with E-state index in [1.165, 1.54) is 22.2 Å². The summed E-state index contributed by atoms with van der Waals surface area (Å²) >= 11 is 0. The van der Waals surface area contributed by atoms with E-state index in [0.717, 1.165) is 13.7 Å². The van der Waals surface area contributed by atoms with Crippen molar-refractivity contribution in [2.24, 2.45) is 7.05 Å². The summed E-state index contributed by atoms with van der Waals surface area (Å²) < 4.78 is 33.2. The van der Waals surface area contributed by atoms with Gasteiger partial charge in [-0.3, -0.25) is 4.18 Å². The normalized spacial score (nSPS) is 15.7. The van der Waals surface area contributed by atoms with Gasteiger partial charge in [-0.15, -0.1) is 0 Å². The van der Waals surface area contributed by atoms with E-state index in [2.05, 4.69) is 65.4 Å². The number of nitrogens with one attached hydrogen (secondary N) is 1. The summed E-state index contributed by atoms with van der Waals surface area (Å²) in [6.07, 6.45) is 2.26. The average Bonchev–Trinajstić information content (AvgIpc) is 2.75. The van der Waals surface area contributed by atoms with Gasteiger partial charge in [-0.2, -0.15) is 0 Å². The van der Waals surface area contributed by atoms with Crippen LogP contribution < -0.4 is 9.88 Å². The van der Waals surface area contributed by atoms with Crippen molar-refractivity contribution in [1.82, 2.24) is 0 Å². The smallest absolute Gasteiger partial charge is 0.217 e. The highest BCUT2D eigenvalue weighted by atomic mass is 32.3. The van der Waals surface area contributed by atoms with Crippen LogP contribution in [0.2, 0.25) is 0 Å². The summed E-state index contributed by atoms with van der Waals surface area (Å²) in [6, 6.07) is 8.57. The maximum absolute atomic E-state index is 9.22. The Morgan fingerprint density at radius 2 is 1.91 bits per heavy atom. The maximum atomic E-state index is 9.22. The molecule has 0 amide bonds. The van der Waals surface area contributed by atoms with Gasteiger partial charge in [0.2, 0.25) is 15.9 Å². The number of pyridine rings is 1. The van der Waals surface area contributed by atoms with Crippen LogP contribution in [-0.4, -0.2) is 26.6 Å². The molecule has 1 N–H and O–H groups in total. The van der Waals surface area contributed by atoms with Crippen LogP contribution in [0.15, 0.2) is 30.5 Å². The molecule has 120 valence electrons. The Morgan fingerprint density at radius 3 is 2.50 bits per heavy atom. The number of benzene rings is 1. The SMILES string of the molecule is COS(=O)(=O)[O-].C[n+]1cc2c(c3ccccc31)NCC2(C)C. The van der Waals surface area contributed by atoms with E-state index >= 15 is 0 Å². The first-order valence-electron chi connectivity index (χ1n) is 6.83. The molecule has 22 heavy (non-hydrogen) atoms. The summed E-state index contributed by atoms with van der Waals surface area (Å²) in [5.41, 5.74) is 4.26. The molecule has 2 heterocycles. The van der Waals surface area contributed by atoms with Gasteiger partial charge in [-0.25, -0.2) is 13.0 Å². The molecule has 1 aliphatic rings. The first-order chi connectivity index (χ1) is 10.2. The summed E-state index contributed by atoms with van der Waals surface area (Å²) in [5, 5.41) is 4.87. The molecule has 3 rings (SSSR count). The molecule has 0 fully saturated rings. The molecule has 0 spiro atoms. The Morgan fingerprint density at radius 1 is 1.32 bits per heavy atom. The molecule has 0 atom stereocenters. The third kappa shape index (κ3) is 3.37. The van der Waals surface area contributed by atoms with E-state index in [1.807, 2.05) is 0 Å². The number of anilines is 1. The molecule has 7 heteroatoms. The van der Waals surface area contributed by atoms with Crippen molar-refractivity contribution in [1.29, 1.82) is 0 Å². The van der Waals surface area contributed by atoms with Crippen LogP contribution in [0, 0.1) is 0 Å². The number of rotatable bonds is 1. The van der Waals surface area contributed by atoms with Crippen LogP contribution in [0.1, 0.15) is 19.4 Å². The van der Waals surface area contributed by atoms with Crippen molar-refractivity contribution in [3.8, 4) is 0 Å². The first kappa shape index (κ1) is 16.7. The van der Waals surface area contributed by atoms with Crippen LogP contribution in [-0.2, 0) is 27.0 Å². The second kappa shape index (κ2) is 5.83. The zero-order valence-corrected chi connectivity index (χ0v) is 13.9. The highest BCUT2D eigenvalue weighted by molar-refractivity contribution is 7.80. The Kier molecular flexibility index (Phi) is 4.42. The Balaban J connectivity index is 0.000000254. The third-order valence-corrected chi connectivity index (χ3v) is 4.19. The summed E-state index contributed by atoms with van der Waals surface area (Å²) in [4.78, 5) is 0. The van der Waals surface area contributed by atoms with Crippen molar-refractivity contribution in [2.75, 3.05) is 19.0 Å². The monoisotopic (exact) mass is 324 g/mol. The minimum atomic E-state index is -4.41. The lowest BCUT2D eigenvalue weighted by molar-refractivity contribution is -0.645. The number of fused-ring (bicyclic) bond motifs is 3. The van der Waals surface area contributed by atoms with E-state index in [1.54, 1.807) is 0 Å². The van der Waals surface area contributed by atoms with Crippen LogP contribution >= 0.6 is 0 Å². The van der Waals surface area contributed by atoms with Gasteiger partial charge in [0.1, 0.15) is 7.05 Å². The average molecular weight is 324 g/mol. The zero-order chi connectivity index (χ0) is 16.5. The van der Waals surface area contributed by atoms with Gasteiger partial charge in [0.25, 0.3) is 0 Å². The maximum Gasteiger partial charge on any atom is 0.217 e. The Labute approximate surface area is 130 Å². The number of aromatic nitrogens is 1. The van der Waals surface area contributed by atoms with Gasteiger partial charge in [0.15, 0.2) is 6.20 Å². The van der Waals surface area contributed by atoms with Gasteiger partial charge in [-0.1, -0.05) is 26.0 Å². The molecule has 1 aliphatic heterocycles. The molecule has 0 saturated carbocycles. The number of hydrogen-bond donors (Lipinski definition) is 1. The van der Waals surface area contributed by atoms with Gasteiger partial charge in [-0.05, 0) is 6.07 Å². The lowest BCUT2D eigenvalue weighted by Crippen LogP contribution is -2.31. The largest absolute Gasteiger partial charge is 0.726 e. The topological polar surface area (TPSA) is 82.3 Å². The van der Waals surface area contributed by atoms with E-state index in [4.69, 9.17) is 0 Å². The van der Waals surface area contributed by atoms with E-state index < -0.39 is 10.4 Å². The number of para-hydroxylation sites is 1. The zero-order valence-electron chi connectivity index (χ0n) is 13.1. The van der Waals surface area contributed by atoms with Crippen LogP contribution in [0.5, 0.6) is 0 Å². The summed E-state index contributed by atoms with van der Waals surface area (Å²) in [5.74, 6) is 0. The predicted octanol–water partition coefficient (Wildman–Crippen LogP) is 1.46. The van der Waals surface area contributed by atoms with Crippen molar-refractivity contribution in [2.45, 2.75) is 19.3 Å². The van der Waals surface area contributed by atoms with Crippen molar-refractivity contribution in [3.63, 3.8) is 0 Å². The molecule has 6 nitrogen and oxygen atoms in total. The highest BCUT2D eigenvalue weighted by Gasteiger charge is 2.34. The quantitative estimate of drug-likeness (QED) is 0.488. The Bertz CT molecular complexity index is 801. The first-order valence-corrected chi connectivity index (χ1v) is 8.16. The number of aryl methyl sites for hydroxylation is 1. The standard InChI is InChI=1S/C14H16N2.CH4O4S/c1-14(2)9-15-13-10-6-4-5-7-12(10)16(3)8-11(13)14;1-5-6(2,3)4/h4-8H,9H2,1-3H3;1H3,(H,2,3,4). The molecule has 0 bridgehead atoms. The van der Waals surface area contributed by atoms with Gasteiger partial charge >= 0.3 is 0 Å². The van der Waals surface area contributed by atoms with Crippen molar-refractivity contribution in [3.05, 3.63) is 36.0 Å². The van der Waals surface area contributed by atoms with Crippen LogP contribution in [0.4, 0.5) is 5.69 Å². The summed E-state index contributed by atoms with van der Waals surface area (Å²) in [7, 11) is -1.48. The van der Waals surface area contributed by atoms with Crippen LogP contribution in [0.3, 0.4) is 0 Å². The second-order valence-corrected chi connectivity index (χ2v) is 7.01. The fourth-order valence-electron chi connectivity index (χ4n) is 2.57. The Hall–Kier alpha value is -1.70. The number of nitrogens with zero attached hydrogens (tertiary/aromatic N) is 1. The molecule has 0 radical (unpaired) electrons. The predicted molar refractivity (Wildman–Crippen MR) is 83.3 cm³/mol. The minimum absolute atomic E-state index is 0.233. The molecular formula is C15H20N2O4S. The van der Waals surface area contributed by atoms with Crippen molar-refractivity contribution >= 4 is 27.0 Å². The lowest BCUT2D eigenvalue weighted by Gasteiger charge is -2.15. The number of hydrogen-bond acceptors (Lipinski definition) is 5. The molecular weight excluding hydrogens is 304 g/mol.